The van der Waals surface area contributed by atoms with Crippen LogP contribution in [0.2, 0.25) is 0 Å². The number of amides is 1. The number of carbonyl (C=O) groups excluding carboxylic acids is 2. The molecule has 0 radical (unpaired) electrons. The molecule has 2 aromatic carbocycles. The van der Waals surface area contributed by atoms with Gasteiger partial charge in [-0.25, -0.2) is 4.79 Å². The Morgan fingerprint density at radius 2 is 1.78 bits per heavy atom. The number of carbonyl (C=O) groups is 3. The lowest BCUT2D eigenvalue weighted by atomic mass is 10.1. The van der Waals surface area contributed by atoms with Gasteiger partial charge in [0.2, 0.25) is 5.16 Å². The van der Waals surface area contributed by atoms with E-state index in [9.17, 15) is 19.5 Å². The molecule has 0 aliphatic heterocycles. The molecule has 0 saturated heterocycles. The number of ketones is 1. The smallest absolute Gasteiger partial charge is 0.408 e. The highest BCUT2D eigenvalue weighted by molar-refractivity contribution is 7.99. The van der Waals surface area contributed by atoms with Gasteiger partial charge in [0.25, 0.3) is 0 Å². The molecule has 11 nitrogen and oxygen atoms in total. The minimum atomic E-state index is -1.31. The maximum Gasteiger partial charge on any atom is 0.408 e. The third kappa shape index (κ3) is 8.76. The van der Waals surface area contributed by atoms with Crippen molar-refractivity contribution in [1.82, 2.24) is 25.5 Å². The van der Waals surface area contributed by atoms with E-state index in [0.717, 1.165) is 32.1 Å². The number of aliphatic carboxylic acids is 1. The fourth-order valence-corrected chi connectivity index (χ4v) is 4.19. The van der Waals surface area contributed by atoms with E-state index in [2.05, 4.69) is 32.9 Å². The summed E-state index contributed by atoms with van der Waals surface area (Å²) in [6.07, 6.45) is -1.50. The number of alkyl carbamates (subject to hydrolysis) is 1. The zero-order valence-corrected chi connectivity index (χ0v) is 22.5. The third-order valence-corrected chi connectivity index (χ3v) is 6.35. The molecule has 3 rings (SSSR count). The molecule has 2 N–H and O–H groups in total. The van der Waals surface area contributed by atoms with E-state index < -0.39 is 30.3 Å². The van der Waals surface area contributed by atoms with Gasteiger partial charge in [-0.3, -0.25) is 9.59 Å². The lowest BCUT2D eigenvalue weighted by molar-refractivity contribution is -0.139. The fourth-order valence-electron chi connectivity index (χ4n) is 3.35. The molecule has 0 aliphatic rings. The van der Waals surface area contributed by atoms with Crippen LogP contribution in [0.25, 0.3) is 0 Å². The zero-order chi connectivity index (χ0) is 26.2. The Morgan fingerprint density at radius 3 is 2.38 bits per heavy atom. The van der Waals surface area contributed by atoms with E-state index in [1.807, 2.05) is 38.9 Å². The molecule has 1 aromatic heterocycles. The quantitative estimate of drug-likeness (QED) is 0.367. The molecule has 0 saturated carbocycles. The fraction of sp³-hybridized carbons (Fsp3) is 0.333. The molecule has 1 amide bonds. The van der Waals surface area contributed by atoms with Gasteiger partial charge in [0, 0.05) is 24.7 Å². The van der Waals surface area contributed by atoms with Crippen LogP contribution in [0.1, 0.15) is 23.1 Å². The lowest BCUT2D eigenvalue weighted by Crippen LogP contribution is -2.44. The second-order valence-corrected chi connectivity index (χ2v) is 9.31. The maximum atomic E-state index is 12.8. The average molecular weight is 549 g/mol. The summed E-state index contributed by atoms with van der Waals surface area (Å²) in [6, 6.07) is 11.8. The Bertz CT molecular complexity index is 1210. The highest BCUT2D eigenvalue weighted by Gasteiger charge is 2.25. The van der Waals surface area contributed by atoms with Gasteiger partial charge >= 0.3 is 12.1 Å². The van der Waals surface area contributed by atoms with Gasteiger partial charge in [-0.2, -0.15) is 4.80 Å². The molecule has 1 atom stereocenters. The first-order valence-electron chi connectivity index (χ1n) is 11.1. The molecule has 13 heteroatoms. The molecular weight excluding hydrogens is 520 g/mol. The molecule has 3 aromatic rings. The second kappa shape index (κ2) is 13.6. The van der Waals surface area contributed by atoms with Crippen LogP contribution in [0.15, 0.2) is 52.5 Å². The normalized spacial score (nSPS) is 11.2. The van der Waals surface area contributed by atoms with Crippen molar-refractivity contribution in [3.8, 4) is 0 Å². The highest BCUT2D eigenvalue weighted by atomic mass is 35.5. The van der Waals surface area contributed by atoms with Crippen LogP contribution in [-0.4, -0.2) is 63.3 Å². The molecule has 0 fully saturated rings. The van der Waals surface area contributed by atoms with Gasteiger partial charge in [-0.1, -0.05) is 30.3 Å². The Hall–Kier alpha value is -3.64. The minimum Gasteiger partial charge on any atom is -0.481 e. The Labute approximate surface area is 225 Å². The van der Waals surface area contributed by atoms with Crippen molar-refractivity contribution in [2.75, 3.05) is 19.0 Å². The summed E-state index contributed by atoms with van der Waals surface area (Å²) in [4.78, 5) is 40.3. The number of nitrogens with zero attached hydrogens (tertiary/aromatic N) is 5. The van der Waals surface area contributed by atoms with Gasteiger partial charge in [0.15, 0.2) is 5.78 Å². The number of halogens is 1. The number of benzene rings is 2. The molecule has 1 heterocycles. The summed E-state index contributed by atoms with van der Waals surface area (Å²) in [6.45, 7) is 3.62. The molecule has 37 heavy (non-hydrogen) atoms. The molecule has 0 spiro atoms. The van der Waals surface area contributed by atoms with E-state index in [1.54, 1.807) is 24.3 Å². The summed E-state index contributed by atoms with van der Waals surface area (Å²) >= 11 is 1.32. The second-order valence-electron chi connectivity index (χ2n) is 8.33. The summed E-state index contributed by atoms with van der Waals surface area (Å²) in [5.41, 5.74) is 3.94. The van der Waals surface area contributed by atoms with Crippen molar-refractivity contribution in [3.05, 3.63) is 59.2 Å². The van der Waals surface area contributed by atoms with Crippen molar-refractivity contribution in [1.29, 1.82) is 0 Å². The van der Waals surface area contributed by atoms with Gasteiger partial charge in [-0.05, 0) is 59.6 Å². The van der Waals surface area contributed by atoms with Crippen LogP contribution in [0.4, 0.5) is 10.5 Å². The Kier molecular flexibility index (Phi) is 10.9. The minimum absolute atomic E-state index is 0. The van der Waals surface area contributed by atoms with Crippen LogP contribution < -0.4 is 10.2 Å². The number of rotatable bonds is 11. The summed E-state index contributed by atoms with van der Waals surface area (Å²) < 4.78 is 5.10. The van der Waals surface area contributed by atoms with Crippen LogP contribution in [0, 0.1) is 13.8 Å². The van der Waals surface area contributed by atoms with E-state index >= 15 is 0 Å². The third-order valence-electron chi connectivity index (χ3n) is 5.16. The number of carboxylic acid groups (broad SMARTS) is 1. The number of tetrazole rings is 1. The molecule has 0 aliphatic carbocycles. The van der Waals surface area contributed by atoms with Gasteiger partial charge in [0.05, 0.1) is 6.42 Å². The van der Waals surface area contributed by atoms with Gasteiger partial charge < -0.3 is 20.1 Å². The van der Waals surface area contributed by atoms with Crippen LogP contribution >= 0.6 is 24.2 Å². The predicted molar refractivity (Wildman–Crippen MR) is 140 cm³/mol. The van der Waals surface area contributed by atoms with Gasteiger partial charge in [0.1, 0.15) is 19.2 Å². The molecular formula is C24H29ClN6O5S. The average Bonchev–Trinajstić information content (AvgIpc) is 3.26. The highest BCUT2D eigenvalue weighted by Crippen LogP contribution is 2.33. The Balaban J connectivity index is 0.00000481. The predicted octanol–water partition coefficient (Wildman–Crippen LogP) is 3.27. The summed E-state index contributed by atoms with van der Waals surface area (Å²) in [7, 11) is 3.95. The van der Waals surface area contributed by atoms with Gasteiger partial charge in [-0.15, -0.1) is 22.6 Å². The number of hydrogen-bond donors (Lipinski definition) is 2. The first-order valence-corrected chi connectivity index (χ1v) is 11.9. The maximum absolute atomic E-state index is 12.8. The number of carboxylic acids is 1. The van der Waals surface area contributed by atoms with Crippen molar-refractivity contribution in [2.45, 2.75) is 49.5 Å². The number of Topliss-reactive ketones (excluding diaryl/α,β-unsaturated/α-hetero) is 1. The first kappa shape index (κ1) is 29.6. The first-order chi connectivity index (χ1) is 17.1. The van der Waals surface area contributed by atoms with Crippen LogP contribution in [0.3, 0.4) is 0 Å². The van der Waals surface area contributed by atoms with E-state index in [4.69, 9.17) is 4.74 Å². The molecule has 198 valence electrons. The van der Waals surface area contributed by atoms with Crippen LogP contribution in [-0.2, 0) is 27.5 Å². The van der Waals surface area contributed by atoms with E-state index in [-0.39, 0.29) is 25.6 Å². The monoisotopic (exact) mass is 548 g/mol. The van der Waals surface area contributed by atoms with Crippen LogP contribution in [0.5, 0.6) is 0 Å². The van der Waals surface area contributed by atoms with E-state index in [1.165, 1.54) is 11.8 Å². The number of anilines is 1. The van der Waals surface area contributed by atoms with Crippen molar-refractivity contribution in [3.63, 3.8) is 0 Å². The summed E-state index contributed by atoms with van der Waals surface area (Å²) in [5, 5.41) is 24.0. The number of nitrogens with one attached hydrogen (secondary N) is 1. The number of aromatic nitrogens is 4. The standard InChI is InChI=1S/C24H28N6O5S.ClH/c1-15-10-18(29(3)4)11-16(2)22(15)36-23-26-28-30(27-23)13-20(31)19(12-21(32)33)25-24(34)35-14-17-8-6-5-7-9-17;/h5-11,19H,12-14H2,1-4H3,(H,25,34)(H,32,33);1H. The van der Waals surface area contributed by atoms with Crippen molar-refractivity contribution < 1.29 is 24.2 Å². The number of hydrogen-bond acceptors (Lipinski definition) is 9. The largest absolute Gasteiger partial charge is 0.481 e. The topological polar surface area (TPSA) is 140 Å². The Morgan fingerprint density at radius 1 is 1.14 bits per heavy atom. The van der Waals surface area contributed by atoms with Crippen molar-refractivity contribution >= 4 is 47.7 Å². The molecule has 1 unspecified atom stereocenters. The molecule has 0 bridgehead atoms. The summed E-state index contributed by atoms with van der Waals surface area (Å²) in [5.74, 6) is -1.84. The van der Waals surface area contributed by atoms with Crippen molar-refractivity contribution in [2.24, 2.45) is 0 Å². The lowest BCUT2D eigenvalue weighted by Gasteiger charge is -2.16. The number of aryl methyl sites for hydroxylation is 2. The zero-order valence-electron chi connectivity index (χ0n) is 20.9. The number of ether oxygens (including phenoxy) is 1. The SMILES string of the molecule is Cc1cc(N(C)C)cc(C)c1Sc1nnn(CC(=O)C(CC(=O)O)NC(=O)OCc2ccccc2)n1.Cl. The van der Waals surface area contributed by atoms with E-state index in [0.29, 0.717) is 5.16 Å².